The Bertz CT molecular complexity index is 1630. The Balaban J connectivity index is 1.49. The molecule has 38 heavy (non-hydrogen) atoms. The number of H-pyrrole nitrogens is 1. The van der Waals surface area contributed by atoms with Gasteiger partial charge in [-0.05, 0) is 57.2 Å². The van der Waals surface area contributed by atoms with Crippen molar-refractivity contribution in [3.63, 3.8) is 0 Å². The highest BCUT2D eigenvalue weighted by molar-refractivity contribution is 7.92. The Hall–Kier alpha value is -3.31. The lowest BCUT2D eigenvalue weighted by molar-refractivity contribution is 0.0192. The highest BCUT2D eigenvalue weighted by Gasteiger charge is 2.32. The molecule has 202 valence electrons. The van der Waals surface area contributed by atoms with Gasteiger partial charge in [-0.25, -0.2) is 21.6 Å². The van der Waals surface area contributed by atoms with Gasteiger partial charge in [0.1, 0.15) is 5.60 Å². The normalized spacial score (nSPS) is 15.3. The minimum Gasteiger partial charge on any atom is -0.444 e. The van der Waals surface area contributed by atoms with Gasteiger partial charge in [0, 0.05) is 37.8 Å². The number of ether oxygens (including phenoxy) is 1. The second-order valence-electron chi connectivity index (χ2n) is 9.61. The van der Waals surface area contributed by atoms with Crippen LogP contribution in [0.15, 0.2) is 52.4 Å². The number of hydrogen-bond acceptors (Lipinski definition) is 7. The molecule has 14 heteroatoms. The van der Waals surface area contributed by atoms with Crippen LogP contribution in [0.5, 0.6) is 0 Å². The summed E-state index contributed by atoms with van der Waals surface area (Å²) in [6.07, 6.45) is 0.954. The Kier molecular flexibility index (Phi) is 7.37. The number of carbonyl (C=O) groups excluding carboxylic acids is 1. The number of anilines is 1. The first-order chi connectivity index (χ1) is 17.7. The van der Waals surface area contributed by atoms with Gasteiger partial charge in [0.25, 0.3) is 10.0 Å². The SMILES string of the molecule is CC(C)(C)OC(=O)N1CCN(S(=O)(=O)c2ccc(S(=O)(=O)Nc3ccc(C#N)c4c(Cl)c[nH]c34)cc2)CC1. The van der Waals surface area contributed by atoms with E-state index >= 15 is 0 Å². The summed E-state index contributed by atoms with van der Waals surface area (Å²) < 4.78 is 61.4. The maximum Gasteiger partial charge on any atom is 0.410 e. The summed E-state index contributed by atoms with van der Waals surface area (Å²) in [6.45, 7) is 5.77. The van der Waals surface area contributed by atoms with Crippen LogP contribution in [0.3, 0.4) is 0 Å². The first kappa shape index (κ1) is 27.7. The topological polar surface area (TPSA) is 153 Å². The van der Waals surface area contributed by atoms with Crippen molar-refractivity contribution >= 4 is 54.3 Å². The van der Waals surface area contributed by atoms with Crippen LogP contribution in [0.4, 0.5) is 10.5 Å². The Morgan fingerprint density at radius 1 is 1.03 bits per heavy atom. The summed E-state index contributed by atoms with van der Waals surface area (Å²) in [4.78, 5) is 16.4. The van der Waals surface area contributed by atoms with Crippen LogP contribution in [-0.2, 0) is 24.8 Å². The summed E-state index contributed by atoms with van der Waals surface area (Å²) in [5.74, 6) is 0. The second-order valence-corrected chi connectivity index (χ2v) is 13.6. The van der Waals surface area contributed by atoms with Crippen LogP contribution in [-0.4, -0.2) is 68.9 Å². The Labute approximate surface area is 226 Å². The third-order valence-corrected chi connectivity index (χ3v) is 9.41. The highest BCUT2D eigenvalue weighted by Crippen LogP contribution is 2.33. The molecule has 0 radical (unpaired) electrons. The number of halogens is 1. The maximum atomic E-state index is 13.1. The van der Waals surface area contributed by atoms with Crippen LogP contribution in [0.2, 0.25) is 5.02 Å². The average Bonchev–Trinajstić information content (AvgIpc) is 3.25. The van der Waals surface area contributed by atoms with E-state index in [-0.39, 0.29) is 52.2 Å². The van der Waals surface area contributed by atoms with Crippen molar-refractivity contribution in [1.82, 2.24) is 14.2 Å². The van der Waals surface area contributed by atoms with E-state index in [1.807, 2.05) is 6.07 Å². The largest absolute Gasteiger partial charge is 0.444 e. The van der Waals surface area contributed by atoms with Crippen molar-refractivity contribution in [2.45, 2.75) is 36.2 Å². The first-order valence-corrected chi connectivity index (χ1v) is 14.8. The summed E-state index contributed by atoms with van der Waals surface area (Å²) in [7, 11) is -8.01. The molecule has 3 aromatic rings. The summed E-state index contributed by atoms with van der Waals surface area (Å²) in [6, 6.07) is 9.78. The molecule has 1 aliphatic rings. The fourth-order valence-corrected chi connectivity index (χ4v) is 6.71. The molecule has 0 saturated carbocycles. The van der Waals surface area contributed by atoms with Crippen LogP contribution in [0.25, 0.3) is 10.9 Å². The predicted molar refractivity (Wildman–Crippen MR) is 142 cm³/mol. The molecule has 0 bridgehead atoms. The van der Waals surface area contributed by atoms with Crippen molar-refractivity contribution in [2.75, 3.05) is 30.9 Å². The van der Waals surface area contributed by atoms with Crippen LogP contribution < -0.4 is 4.72 Å². The van der Waals surface area contributed by atoms with Crippen molar-refractivity contribution in [3.8, 4) is 6.07 Å². The van der Waals surface area contributed by atoms with E-state index in [1.54, 1.807) is 20.8 Å². The molecule has 2 heterocycles. The predicted octanol–water partition coefficient (Wildman–Crippen LogP) is 3.74. The van der Waals surface area contributed by atoms with Crippen LogP contribution in [0.1, 0.15) is 26.3 Å². The molecule has 1 fully saturated rings. The van der Waals surface area contributed by atoms with Gasteiger partial charge >= 0.3 is 6.09 Å². The van der Waals surface area contributed by atoms with E-state index in [0.29, 0.717) is 10.9 Å². The molecule has 1 aliphatic heterocycles. The molecule has 0 aliphatic carbocycles. The Morgan fingerprint density at radius 2 is 1.63 bits per heavy atom. The van der Waals surface area contributed by atoms with Crippen LogP contribution >= 0.6 is 11.6 Å². The number of aromatic nitrogens is 1. The number of amides is 1. The zero-order valence-corrected chi connectivity index (χ0v) is 23.2. The average molecular weight is 580 g/mol. The van der Waals surface area contributed by atoms with Crippen LogP contribution in [0, 0.1) is 11.3 Å². The second kappa shape index (κ2) is 10.1. The molecule has 0 atom stereocenters. The van der Waals surface area contributed by atoms with E-state index in [1.165, 1.54) is 51.8 Å². The summed E-state index contributed by atoms with van der Waals surface area (Å²) in [5.41, 5.74) is 0.168. The zero-order valence-electron chi connectivity index (χ0n) is 20.9. The molecule has 0 unspecified atom stereocenters. The highest BCUT2D eigenvalue weighted by atomic mass is 35.5. The van der Waals surface area contributed by atoms with Crippen molar-refractivity contribution in [3.05, 3.63) is 53.2 Å². The van der Waals surface area contributed by atoms with E-state index < -0.39 is 31.7 Å². The number of sulfonamides is 2. The number of nitrogens with one attached hydrogen (secondary N) is 2. The number of nitrogens with zero attached hydrogens (tertiary/aromatic N) is 3. The van der Waals surface area contributed by atoms with E-state index in [2.05, 4.69) is 9.71 Å². The van der Waals surface area contributed by atoms with Gasteiger partial charge < -0.3 is 14.6 Å². The van der Waals surface area contributed by atoms with Gasteiger partial charge in [-0.2, -0.15) is 9.57 Å². The lowest BCUT2D eigenvalue weighted by Gasteiger charge is -2.35. The molecule has 4 rings (SSSR count). The molecule has 2 aromatic carbocycles. The molecule has 0 spiro atoms. The van der Waals surface area contributed by atoms with Crippen molar-refractivity contribution in [1.29, 1.82) is 5.26 Å². The molecule has 1 amide bonds. The number of carbonyl (C=O) groups is 1. The van der Waals surface area contributed by atoms with E-state index in [9.17, 15) is 26.9 Å². The zero-order chi connectivity index (χ0) is 27.9. The number of benzene rings is 2. The molecule has 2 N–H and O–H groups in total. The standard InChI is InChI=1S/C24H26ClN5O6S2/c1-24(2,3)36-23(31)29-10-12-30(13-11-29)38(34,35)18-7-5-17(6-8-18)37(32,33)28-20-9-4-16(14-26)21-19(25)15-27-22(20)21/h4-9,15,27-28H,10-13H2,1-3H3. The molecule has 1 aromatic heterocycles. The number of aromatic amines is 1. The number of fused-ring (bicyclic) bond motifs is 1. The summed E-state index contributed by atoms with van der Waals surface area (Å²) in [5, 5.41) is 9.98. The van der Waals surface area contributed by atoms with E-state index in [0.717, 1.165) is 0 Å². The van der Waals surface area contributed by atoms with Gasteiger partial charge in [0.05, 0.1) is 37.7 Å². The number of nitriles is 1. The molecule has 11 nitrogen and oxygen atoms in total. The molecular formula is C24H26ClN5O6S2. The minimum absolute atomic E-state index is 0.0703. The number of rotatable bonds is 5. The van der Waals surface area contributed by atoms with Crippen molar-refractivity contribution < 1.29 is 26.4 Å². The monoisotopic (exact) mass is 579 g/mol. The molecule has 1 saturated heterocycles. The fourth-order valence-electron chi connectivity index (χ4n) is 3.97. The van der Waals surface area contributed by atoms with E-state index in [4.69, 9.17) is 16.3 Å². The third-order valence-electron chi connectivity index (χ3n) is 5.81. The lowest BCUT2D eigenvalue weighted by atomic mass is 10.1. The van der Waals surface area contributed by atoms with Gasteiger partial charge in [0.15, 0.2) is 0 Å². The van der Waals surface area contributed by atoms with Gasteiger partial charge in [0.2, 0.25) is 10.0 Å². The number of piperazine rings is 1. The smallest absolute Gasteiger partial charge is 0.410 e. The summed E-state index contributed by atoms with van der Waals surface area (Å²) >= 11 is 6.14. The maximum absolute atomic E-state index is 13.1. The lowest BCUT2D eigenvalue weighted by Crippen LogP contribution is -2.51. The number of hydrogen-bond donors (Lipinski definition) is 2. The fraction of sp³-hybridized carbons (Fsp3) is 0.333. The quantitative estimate of drug-likeness (QED) is 0.467. The van der Waals surface area contributed by atoms with Gasteiger partial charge in [-0.1, -0.05) is 11.6 Å². The third kappa shape index (κ3) is 5.58. The first-order valence-electron chi connectivity index (χ1n) is 11.5. The van der Waals surface area contributed by atoms with Gasteiger partial charge in [-0.3, -0.25) is 4.72 Å². The molecular weight excluding hydrogens is 554 g/mol. The van der Waals surface area contributed by atoms with Crippen molar-refractivity contribution in [2.24, 2.45) is 0 Å². The van der Waals surface area contributed by atoms with Gasteiger partial charge in [-0.15, -0.1) is 0 Å². The minimum atomic E-state index is -4.10. The Morgan fingerprint density at radius 3 is 2.21 bits per heavy atom.